The molecule has 1 fully saturated rings. The molecule has 1 atom stereocenters. The fourth-order valence-electron chi connectivity index (χ4n) is 2.06. The molecule has 0 radical (unpaired) electrons. The number of carbonyl (C=O) groups is 1. The van der Waals surface area contributed by atoms with E-state index in [2.05, 4.69) is 0 Å². The zero-order valence-corrected chi connectivity index (χ0v) is 10.4. The molecular weight excluding hydrogens is 235 g/mol. The topological polar surface area (TPSA) is 55.6 Å². The second kappa shape index (κ2) is 5.35. The molecule has 1 aliphatic rings. The minimum Gasteiger partial charge on any atom is -0.398 e. The van der Waals surface area contributed by atoms with E-state index in [0.717, 1.165) is 6.42 Å². The standard InChI is InChI=1S/C13H17FN2O2/c1-9-8-16(5-2-6-18-9)13(17)11-7-10(14)3-4-12(11)15/h3-4,7,9H,2,5-6,8,15H2,1H3. The first-order chi connectivity index (χ1) is 8.58. The maximum atomic E-state index is 13.2. The average molecular weight is 252 g/mol. The van der Waals surface area contributed by atoms with Gasteiger partial charge < -0.3 is 15.4 Å². The lowest BCUT2D eigenvalue weighted by molar-refractivity contribution is 0.0563. The van der Waals surface area contributed by atoms with Gasteiger partial charge in [-0.2, -0.15) is 0 Å². The van der Waals surface area contributed by atoms with E-state index in [4.69, 9.17) is 10.5 Å². The lowest BCUT2D eigenvalue weighted by Crippen LogP contribution is -2.36. The summed E-state index contributed by atoms with van der Waals surface area (Å²) in [6.45, 7) is 3.68. The number of nitrogens with zero attached hydrogens (tertiary/aromatic N) is 1. The van der Waals surface area contributed by atoms with Crippen LogP contribution in [0.15, 0.2) is 18.2 Å². The van der Waals surface area contributed by atoms with E-state index in [1.807, 2.05) is 6.92 Å². The van der Waals surface area contributed by atoms with Gasteiger partial charge in [-0.3, -0.25) is 4.79 Å². The summed E-state index contributed by atoms with van der Waals surface area (Å²) in [7, 11) is 0. The molecular formula is C13H17FN2O2. The van der Waals surface area contributed by atoms with Gasteiger partial charge in [-0.15, -0.1) is 0 Å². The summed E-state index contributed by atoms with van der Waals surface area (Å²) >= 11 is 0. The molecule has 1 aromatic rings. The quantitative estimate of drug-likeness (QED) is 0.773. The highest BCUT2D eigenvalue weighted by atomic mass is 19.1. The lowest BCUT2D eigenvalue weighted by Gasteiger charge is -2.22. The Kier molecular flexibility index (Phi) is 3.81. The van der Waals surface area contributed by atoms with Crippen LogP contribution in [0, 0.1) is 5.82 Å². The molecule has 2 N–H and O–H groups in total. The first kappa shape index (κ1) is 12.8. The second-order valence-electron chi connectivity index (χ2n) is 4.52. The first-order valence-electron chi connectivity index (χ1n) is 6.04. The van der Waals surface area contributed by atoms with Crippen molar-refractivity contribution in [2.75, 3.05) is 25.4 Å². The molecule has 98 valence electrons. The van der Waals surface area contributed by atoms with Gasteiger partial charge in [-0.25, -0.2) is 4.39 Å². The molecule has 4 nitrogen and oxygen atoms in total. The number of nitrogens with two attached hydrogens (primary N) is 1. The highest BCUT2D eigenvalue weighted by molar-refractivity contribution is 5.99. The summed E-state index contributed by atoms with van der Waals surface area (Å²) in [6.07, 6.45) is 0.775. The van der Waals surface area contributed by atoms with Gasteiger partial charge in [0.1, 0.15) is 5.82 Å². The van der Waals surface area contributed by atoms with Crippen LogP contribution in [-0.4, -0.2) is 36.6 Å². The van der Waals surface area contributed by atoms with Crippen molar-refractivity contribution in [2.24, 2.45) is 0 Å². The molecule has 1 unspecified atom stereocenters. The van der Waals surface area contributed by atoms with Crippen molar-refractivity contribution in [3.05, 3.63) is 29.6 Å². The van der Waals surface area contributed by atoms with E-state index in [0.29, 0.717) is 25.4 Å². The third-order valence-electron chi connectivity index (χ3n) is 2.99. The Hall–Kier alpha value is -1.62. The molecule has 1 aliphatic heterocycles. The van der Waals surface area contributed by atoms with Crippen LogP contribution in [0.2, 0.25) is 0 Å². The van der Waals surface area contributed by atoms with Crippen LogP contribution >= 0.6 is 0 Å². The minimum atomic E-state index is -0.452. The summed E-state index contributed by atoms with van der Waals surface area (Å²) < 4.78 is 18.7. The van der Waals surface area contributed by atoms with Crippen LogP contribution in [0.3, 0.4) is 0 Å². The largest absolute Gasteiger partial charge is 0.398 e. The monoisotopic (exact) mass is 252 g/mol. The van der Waals surface area contributed by atoms with Gasteiger partial charge in [-0.05, 0) is 31.5 Å². The molecule has 5 heteroatoms. The number of hydrogen-bond donors (Lipinski definition) is 1. The number of benzene rings is 1. The van der Waals surface area contributed by atoms with Crippen molar-refractivity contribution in [2.45, 2.75) is 19.4 Å². The normalized spacial score (nSPS) is 20.6. The van der Waals surface area contributed by atoms with Gasteiger partial charge in [0.15, 0.2) is 0 Å². The van der Waals surface area contributed by atoms with E-state index < -0.39 is 5.82 Å². The van der Waals surface area contributed by atoms with E-state index in [9.17, 15) is 9.18 Å². The molecule has 18 heavy (non-hydrogen) atoms. The fraction of sp³-hybridized carbons (Fsp3) is 0.462. The SMILES string of the molecule is CC1CN(C(=O)c2cc(F)ccc2N)CCCO1. The molecule has 0 spiro atoms. The molecule has 1 aromatic carbocycles. The molecule has 1 amide bonds. The van der Waals surface area contributed by atoms with Crippen molar-refractivity contribution >= 4 is 11.6 Å². The Morgan fingerprint density at radius 1 is 1.56 bits per heavy atom. The van der Waals surface area contributed by atoms with Gasteiger partial charge in [-0.1, -0.05) is 0 Å². The van der Waals surface area contributed by atoms with Crippen molar-refractivity contribution < 1.29 is 13.9 Å². The highest BCUT2D eigenvalue weighted by Gasteiger charge is 2.22. The van der Waals surface area contributed by atoms with Crippen LogP contribution in [0.25, 0.3) is 0 Å². The average Bonchev–Trinajstić information content (AvgIpc) is 2.56. The molecule has 0 aliphatic carbocycles. The third kappa shape index (κ3) is 2.79. The number of amides is 1. The number of nitrogen functional groups attached to an aromatic ring is 1. The van der Waals surface area contributed by atoms with E-state index in [-0.39, 0.29) is 17.6 Å². The molecule has 1 saturated heterocycles. The molecule has 1 heterocycles. The number of halogens is 1. The maximum absolute atomic E-state index is 13.2. The van der Waals surface area contributed by atoms with Gasteiger partial charge in [0.25, 0.3) is 5.91 Å². The van der Waals surface area contributed by atoms with E-state index in [1.165, 1.54) is 18.2 Å². The van der Waals surface area contributed by atoms with Gasteiger partial charge in [0, 0.05) is 25.4 Å². The first-order valence-corrected chi connectivity index (χ1v) is 6.04. The Balaban J connectivity index is 2.21. The summed E-state index contributed by atoms with van der Waals surface area (Å²) in [5, 5.41) is 0. The molecule has 0 aromatic heterocycles. The molecule has 0 saturated carbocycles. The predicted octanol–water partition coefficient (Wildman–Crippen LogP) is 1.66. The van der Waals surface area contributed by atoms with E-state index >= 15 is 0 Å². The third-order valence-corrected chi connectivity index (χ3v) is 2.99. The van der Waals surface area contributed by atoms with Crippen molar-refractivity contribution in [3.63, 3.8) is 0 Å². The van der Waals surface area contributed by atoms with Gasteiger partial charge in [0.05, 0.1) is 11.7 Å². The Bertz CT molecular complexity index is 451. The Labute approximate surface area is 106 Å². The number of rotatable bonds is 1. The number of ether oxygens (including phenoxy) is 1. The highest BCUT2D eigenvalue weighted by Crippen LogP contribution is 2.17. The van der Waals surface area contributed by atoms with Gasteiger partial charge >= 0.3 is 0 Å². The molecule has 2 rings (SSSR count). The van der Waals surface area contributed by atoms with Crippen LogP contribution < -0.4 is 5.73 Å². The lowest BCUT2D eigenvalue weighted by atomic mass is 10.1. The van der Waals surface area contributed by atoms with Crippen LogP contribution in [0.1, 0.15) is 23.7 Å². The van der Waals surface area contributed by atoms with Crippen LogP contribution in [0.4, 0.5) is 10.1 Å². The number of carbonyl (C=O) groups excluding carboxylic acids is 1. The minimum absolute atomic E-state index is 0.00812. The predicted molar refractivity (Wildman–Crippen MR) is 66.7 cm³/mol. The number of anilines is 1. The summed E-state index contributed by atoms with van der Waals surface area (Å²) in [5.74, 6) is -0.684. The van der Waals surface area contributed by atoms with E-state index in [1.54, 1.807) is 4.90 Å². The zero-order valence-electron chi connectivity index (χ0n) is 10.4. The van der Waals surface area contributed by atoms with Crippen molar-refractivity contribution in [1.82, 2.24) is 4.90 Å². The van der Waals surface area contributed by atoms with Gasteiger partial charge in [0.2, 0.25) is 0 Å². The Morgan fingerprint density at radius 2 is 2.33 bits per heavy atom. The maximum Gasteiger partial charge on any atom is 0.256 e. The number of hydrogen-bond acceptors (Lipinski definition) is 3. The van der Waals surface area contributed by atoms with Crippen molar-refractivity contribution in [3.8, 4) is 0 Å². The summed E-state index contributed by atoms with van der Waals surface area (Å²) in [6, 6.07) is 3.86. The summed E-state index contributed by atoms with van der Waals surface area (Å²) in [5.41, 5.74) is 6.26. The second-order valence-corrected chi connectivity index (χ2v) is 4.52. The van der Waals surface area contributed by atoms with Crippen LogP contribution in [-0.2, 0) is 4.74 Å². The molecule has 0 bridgehead atoms. The fourth-order valence-corrected chi connectivity index (χ4v) is 2.06. The smallest absolute Gasteiger partial charge is 0.256 e. The Morgan fingerprint density at radius 3 is 3.11 bits per heavy atom. The van der Waals surface area contributed by atoms with Crippen molar-refractivity contribution in [1.29, 1.82) is 0 Å². The zero-order chi connectivity index (χ0) is 13.1. The summed E-state index contributed by atoms with van der Waals surface area (Å²) in [4.78, 5) is 14.0. The van der Waals surface area contributed by atoms with Crippen LogP contribution in [0.5, 0.6) is 0 Å².